The third-order valence-corrected chi connectivity index (χ3v) is 10.8. The van der Waals surface area contributed by atoms with Crippen LogP contribution in [0.2, 0.25) is 0 Å². The van der Waals surface area contributed by atoms with Crippen molar-refractivity contribution < 1.29 is 34.4 Å². The summed E-state index contributed by atoms with van der Waals surface area (Å²) >= 11 is 1.65. The normalized spacial score (nSPS) is 26.6. The van der Waals surface area contributed by atoms with Crippen LogP contribution in [0.15, 0.2) is 76.8 Å². The predicted molar refractivity (Wildman–Crippen MR) is 194 cm³/mol. The minimum atomic E-state index is -1.12. The van der Waals surface area contributed by atoms with Crippen molar-refractivity contribution in [2.24, 2.45) is 22.9 Å². The number of aromatic hydroxyl groups is 1. The van der Waals surface area contributed by atoms with Crippen LogP contribution in [-0.4, -0.2) is 63.4 Å². The van der Waals surface area contributed by atoms with Gasteiger partial charge in [0, 0.05) is 48.6 Å². The maximum atomic E-state index is 11.7. The largest absolute Gasteiger partial charge is 0.508 e. The van der Waals surface area contributed by atoms with Gasteiger partial charge in [-0.3, -0.25) is 4.79 Å². The smallest absolute Gasteiger partial charge is 0.231 e. The van der Waals surface area contributed by atoms with Gasteiger partial charge in [0.05, 0.1) is 23.5 Å². The number of nitrogens with one attached hydrogen (secondary N) is 1. The molecule has 6 atom stereocenters. The Morgan fingerprint density at radius 3 is 2.47 bits per heavy atom. The Labute approximate surface area is 294 Å². The van der Waals surface area contributed by atoms with Gasteiger partial charge in [0.15, 0.2) is 0 Å². The van der Waals surface area contributed by atoms with Gasteiger partial charge >= 0.3 is 0 Å². The second-order valence-corrected chi connectivity index (χ2v) is 15.6. The number of rotatable bonds is 15. The van der Waals surface area contributed by atoms with E-state index in [0.717, 1.165) is 59.5 Å². The van der Waals surface area contributed by atoms with Crippen LogP contribution < -0.4 is 10.1 Å². The van der Waals surface area contributed by atoms with Gasteiger partial charge in [0.2, 0.25) is 11.7 Å². The molecule has 1 heterocycles. The molecule has 9 nitrogen and oxygen atoms in total. The minimum absolute atomic E-state index is 0.0936. The van der Waals surface area contributed by atoms with E-state index in [1.807, 2.05) is 57.2 Å². The van der Waals surface area contributed by atoms with Gasteiger partial charge in [0.1, 0.15) is 17.1 Å². The maximum absolute atomic E-state index is 11.7. The van der Waals surface area contributed by atoms with E-state index in [1.165, 1.54) is 6.92 Å². The molecule has 4 N–H and O–H groups in total. The summed E-state index contributed by atoms with van der Waals surface area (Å²) in [6.45, 7) is 12.0. The first kappa shape index (κ1) is 37.0. The van der Waals surface area contributed by atoms with Gasteiger partial charge in [0.25, 0.3) is 0 Å². The molecule has 49 heavy (non-hydrogen) atoms. The molecule has 2 aromatic carbocycles. The summed E-state index contributed by atoms with van der Waals surface area (Å²) in [5, 5.41) is 37.7. The monoisotopic (exact) mass is 692 g/mol. The number of carbonyl (C=O) groups excluding carboxylic acids is 1. The van der Waals surface area contributed by atoms with Crippen LogP contribution in [0, 0.1) is 17.8 Å². The molecule has 0 bridgehead atoms. The van der Waals surface area contributed by atoms with E-state index in [0.29, 0.717) is 18.6 Å². The molecular formula is C39H52N2O7S. The molecular weight excluding hydrogens is 641 g/mol. The molecule has 266 valence electrons. The maximum Gasteiger partial charge on any atom is 0.231 e. The van der Waals surface area contributed by atoms with Gasteiger partial charge < -0.3 is 34.9 Å². The van der Waals surface area contributed by atoms with Gasteiger partial charge in [-0.1, -0.05) is 30.1 Å². The summed E-state index contributed by atoms with van der Waals surface area (Å²) in [5.41, 5.74) is 3.04. The molecule has 6 unspecified atom stereocenters. The number of allylic oxidation sites excluding steroid dienone is 1. The summed E-state index contributed by atoms with van der Waals surface area (Å²) in [5.74, 6) is -0.459. The van der Waals surface area contributed by atoms with Gasteiger partial charge in [-0.2, -0.15) is 0 Å². The lowest BCUT2D eigenvalue weighted by atomic mass is 9.56. The Kier molecular flexibility index (Phi) is 12.2. The number of unbranched alkanes of at least 4 members (excludes halogenated alkanes) is 2. The lowest BCUT2D eigenvalue weighted by Gasteiger charge is -2.58. The number of benzene rings is 2. The number of carbonyl (C=O) groups is 1. The first-order chi connectivity index (χ1) is 23.5. The molecule has 1 aliphatic heterocycles. The number of fused-ring (bicyclic) bond motifs is 2. The predicted octanol–water partition coefficient (Wildman–Crippen LogP) is 7.58. The fourth-order valence-electron chi connectivity index (χ4n) is 7.61. The standard InChI is InChI=1S/C39H52N2O7S/c1-6-21-46-39-35(49-29-16-13-27(14-17-29)40-25(2)44)24-33(41-48-38(3,4)5)31-22-26(11-7-9-19-42)30(12-8-10-20-43)36(37(31)39)32-23-28(45)15-18-34(32)47-39/h6,13-18,22-23,26,30,35-37,42-43,45H,1,7-12,19-21,24H2,2-5H3,(H,40,44). The van der Waals surface area contributed by atoms with E-state index in [1.54, 1.807) is 23.9 Å². The van der Waals surface area contributed by atoms with Crippen LogP contribution in [0.1, 0.15) is 84.1 Å². The highest BCUT2D eigenvalue weighted by molar-refractivity contribution is 8.00. The lowest BCUT2D eigenvalue weighted by molar-refractivity contribution is -0.223. The summed E-state index contributed by atoms with van der Waals surface area (Å²) in [4.78, 5) is 18.8. The van der Waals surface area contributed by atoms with Crippen molar-refractivity contribution in [2.45, 2.75) is 100 Å². The molecule has 2 aliphatic carbocycles. The third-order valence-electron chi connectivity index (χ3n) is 9.52. The summed E-state index contributed by atoms with van der Waals surface area (Å²) in [6.07, 6.45) is 9.52. The number of aliphatic hydroxyl groups excluding tert-OH is 2. The fourth-order valence-corrected chi connectivity index (χ4v) is 8.90. The molecule has 2 aromatic rings. The number of thioether (sulfide) groups is 1. The SMILES string of the molecule is C=CCOC12Oc3ccc(O)cc3C3C(CCCCO)C(CCCCO)C=C(C(=NOC(C)(C)C)CC1Sc1ccc(NC(C)=O)cc1)C32. The van der Waals surface area contributed by atoms with Crippen molar-refractivity contribution in [3.8, 4) is 11.5 Å². The number of nitrogens with zero attached hydrogens (tertiary/aromatic N) is 1. The van der Waals surface area contributed by atoms with E-state index >= 15 is 0 Å². The van der Waals surface area contributed by atoms with Crippen molar-refractivity contribution in [2.75, 3.05) is 25.1 Å². The van der Waals surface area contributed by atoms with Crippen LogP contribution in [0.4, 0.5) is 5.69 Å². The number of hydrogen-bond donors (Lipinski definition) is 4. The second-order valence-electron chi connectivity index (χ2n) is 14.3. The number of anilines is 1. The average Bonchev–Trinajstić information content (AvgIpc) is 3.05. The molecule has 0 radical (unpaired) electrons. The van der Waals surface area contributed by atoms with Crippen LogP contribution in [-0.2, 0) is 14.4 Å². The van der Waals surface area contributed by atoms with E-state index in [2.05, 4.69) is 18.0 Å². The number of amides is 1. The molecule has 1 fully saturated rings. The van der Waals surface area contributed by atoms with Crippen molar-refractivity contribution in [3.63, 3.8) is 0 Å². The number of phenolic OH excluding ortho intramolecular Hbond substituents is 1. The van der Waals surface area contributed by atoms with Crippen LogP contribution in [0.3, 0.4) is 0 Å². The van der Waals surface area contributed by atoms with Crippen LogP contribution in [0.25, 0.3) is 0 Å². The summed E-state index contributed by atoms with van der Waals surface area (Å²) in [7, 11) is 0. The molecule has 3 aliphatic rings. The van der Waals surface area contributed by atoms with Crippen molar-refractivity contribution in [1.29, 1.82) is 0 Å². The number of ether oxygens (including phenoxy) is 2. The molecule has 0 saturated heterocycles. The van der Waals surface area contributed by atoms with E-state index in [4.69, 9.17) is 19.5 Å². The highest BCUT2D eigenvalue weighted by Gasteiger charge is 2.64. The highest BCUT2D eigenvalue weighted by atomic mass is 32.2. The Morgan fingerprint density at radius 1 is 1.10 bits per heavy atom. The molecule has 5 rings (SSSR count). The van der Waals surface area contributed by atoms with E-state index < -0.39 is 11.4 Å². The van der Waals surface area contributed by atoms with Gasteiger partial charge in [-0.25, -0.2) is 0 Å². The number of aliphatic hydroxyl groups is 2. The fraction of sp³-hybridized carbons (Fsp3) is 0.538. The topological polar surface area (TPSA) is 130 Å². The van der Waals surface area contributed by atoms with Crippen molar-refractivity contribution >= 4 is 29.1 Å². The summed E-state index contributed by atoms with van der Waals surface area (Å²) < 4.78 is 14.0. The van der Waals surface area contributed by atoms with Crippen molar-refractivity contribution in [3.05, 3.63) is 72.3 Å². The zero-order chi connectivity index (χ0) is 35.2. The summed E-state index contributed by atoms with van der Waals surface area (Å²) in [6, 6.07) is 13.1. The number of phenols is 1. The Balaban J connectivity index is 1.71. The molecule has 1 amide bonds. The van der Waals surface area contributed by atoms with Crippen LogP contribution in [0.5, 0.6) is 11.5 Å². The van der Waals surface area contributed by atoms with Gasteiger partial charge in [-0.05, 0) is 106 Å². The molecule has 10 heteroatoms. The molecule has 1 saturated carbocycles. The zero-order valence-electron chi connectivity index (χ0n) is 29.2. The number of oxime groups is 1. The Hall–Kier alpha value is -3.31. The Bertz CT molecular complexity index is 1520. The quantitative estimate of drug-likeness (QED) is 0.0855. The molecule has 0 spiro atoms. The minimum Gasteiger partial charge on any atom is -0.508 e. The first-order valence-electron chi connectivity index (χ1n) is 17.5. The van der Waals surface area contributed by atoms with Crippen molar-refractivity contribution in [1.82, 2.24) is 0 Å². The zero-order valence-corrected chi connectivity index (χ0v) is 30.0. The number of hydrogen-bond acceptors (Lipinski definition) is 9. The van der Waals surface area contributed by atoms with Gasteiger partial charge in [-0.15, -0.1) is 18.3 Å². The van der Waals surface area contributed by atoms with Crippen LogP contribution >= 0.6 is 11.8 Å². The Morgan fingerprint density at radius 2 is 1.82 bits per heavy atom. The average molecular weight is 693 g/mol. The molecule has 0 aromatic heterocycles. The lowest BCUT2D eigenvalue weighted by Crippen LogP contribution is -2.64. The van der Waals surface area contributed by atoms with E-state index in [-0.39, 0.29) is 60.4 Å². The first-order valence-corrected chi connectivity index (χ1v) is 18.4. The van der Waals surface area contributed by atoms with E-state index in [9.17, 15) is 20.1 Å². The third kappa shape index (κ3) is 8.53. The highest BCUT2D eigenvalue weighted by Crippen LogP contribution is 2.63. The second kappa shape index (κ2) is 16.1.